The summed E-state index contributed by atoms with van der Waals surface area (Å²) in [5.41, 5.74) is 7.38. The number of rotatable bonds is 4. The monoisotopic (exact) mass is 353 g/mol. The van der Waals surface area contributed by atoms with Crippen LogP contribution >= 0.6 is 0 Å². The predicted octanol–water partition coefficient (Wildman–Crippen LogP) is 5.59. The topological polar surface area (TPSA) is 20.3 Å². The van der Waals surface area contributed by atoms with Crippen molar-refractivity contribution in [3.8, 4) is 0 Å². The van der Waals surface area contributed by atoms with E-state index in [2.05, 4.69) is 30.0 Å². The Labute approximate surface area is 160 Å². The van der Waals surface area contributed by atoms with Gasteiger partial charge in [0.2, 0.25) is 0 Å². The molecule has 4 rings (SSSR count). The highest BCUT2D eigenvalue weighted by Gasteiger charge is 2.21. The number of anilines is 1. The molecule has 0 spiro atoms. The van der Waals surface area contributed by atoms with Gasteiger partial charge in [-0.1, -0.05) is 77.9 Å². The van der Waals surface area contributed by atoms with E-state index in [1.165, 1.54) is 16.8 Å². The summed E-state index contributed by atoms with van der Waals surface area (Å²) in [5.74, 6) is 0.0572. The Kier molecular flexibility index (Phi) is 4.64. The number of hydrogen-bond acceptors (Lipinski definition) is 2. The highest BCUT2D eigenvalue weighted by atomic mass is 16.1. The minimum Gasteiger partial charge on any atom is -0.347 e. The molecule has 1 heterocycles. The average molecular weight is 353 g/mol. The highest BCUT2D eigenvalue weighted by molar-refractivity contribution is 6.29. The first kappa shape index (κ1) is 17.3. The number of aryl methyl sites for hydroxylation is 2. The molecule has 0 radical (unpaired) electrons. The van der Waals surface area contributed by atoms with Gasteiger partial charge in [0.25, 0.3) is 0 Å². The van der Waals surface area contributed by atoms with E-state index in [1.54, 1.807) is 0 Å². The van der Waals surface area contributed by atoms with E-state index in [1.807, 2.05) is 67.7 Å². The molecule has 1 aliphatic rings. The second-order valence-corrected chi connectivity index (χ2v) is 7.18. The van der Waals surface area contributed by atoms with E-state index < -0.39 is 0 Å². The molecule has 2 nitrogen and oxygen atoms in total. The van der Waals surface area contributed by atoms with Crippen molar-refractivity contribution in [1.29, 1.82) is 0 Å². The number of benzene rings is 3. The van der Waals surface area contributed by atoms with Gasteiger partial charge in [-0.25, -0.2) is 0 Å². The van der Waals surface area contributed by atoms with E-state index in [0.717, 1.165) is 35.2 Å². The van der Waals surface area contributed by atoms with Crippen molar-refractivity contribution < 1.29 is 4.79 Å². The fourth-order valence-electron chi connectivity index (χ4n) is 3.59. The molecule has 27 heavy (non-hydrogen) atoms. The Balaban J connectivity index is 1.77. The van der Waals surface area contributed by atoms with Crippen LogP contribution in [0, 0.1) is 13.8 Å². The third kappa shape index (κ3) is 3.56. The molecule has 2 heteroatoms. The van der Waals surface area contributed by atoms with Crippen LogP contribution in [-0.2, 0) is 6.42 Å². The molecule has 0 bridgehead atoms. The summed E-state index contributed by atoms with van der Waals surface area (Å²) in [7, 11) is 0. The van der Waals surface area contributed by atoms with Crippen LogP contribution < -0.4 is 4.90 Å². The molecule has 0 aromatic heterocycles. The Hall–Kier alpha value is -3.13. The lowest BCUT2D eigenvalue weighted by atomic mass is 9.97. The van der Waals surface area contributed by atoms with Crippen LogP contribution in [0.25, 0.3) is 5.57 Å². The second-order valence-electron chi connectivity index (χ2n) is 7.18. The summed E-state index contributed by atoms with van der Waals surface area (Å²) >= 11 is 0. The quantitative estimate of drug-likeness (QED) is 0.450. The molecule has 3 aromatic rings. The minimum absolute atomic E-state index is 0.0572. The van der Waals surface area contributed by atoms with Crippen molar-refractivity contribution in [2.24, 2.45) is 0 Å². The van der Waals surface area contributed by atoms with E-state index in [0.29, 0.717) is 0 Å². The van der Waals surface area contributed by atoms with Crippen molar-refractivity contribution in [3.63, 3.8) is 0 Å². The van der Waals surface area contributed by atoms with Gasteiger partial charge < -0.3 is 4.90 Å². The maximum Gasteiger partial charge on any atom is 0.195 e. The summed E-state index contributed by atoms with van der Waals surface area (Å²) in [5, 5.41) is 0. The summed E-state index contributed by atoms with van der Waals surface area (Å²) in [6.07, 6.45) is 3.03. The van der Waals surface area contributed by atoms with Gasteiger partial charge in [0.05, 0.1) is 0 Å². The van der Waals surface area contributed by atoms with Gasteiger partial charge in [0.15, 0.2) is 5.78 Å². The summed E-state index contributed by atoms with van der Waals surface area (Å²) in [6, 6.07) is 24.3. The van der Waals surface area contributed by atoms with Gasteiger partial charge in [0, 0.05) is 29.6 Å². The third-order valence-electron chi connectivity index (χ3n) is 5.09. The Morgan fingerprint density at radius 1 is 0.852 bits per heavy atom. The van der Waals surface area contributed by atoms with Gasteiger partial charge in [-0.05, 0) is 37.5 Å². The molecule has 0 amide bonds. The molecule has 0 unspecified atom stereocenters. The summed E-state index contributed by atoms with van der Waals surface area (Å²) < 4.78 is 0. The van der Waals surface area contributed by atoms with E-state index in [-0.39, 0.29) is 5.78 Å². The lowest BCUT2D eigenvalue weighted by Gasteiger charge is -2.17. The van der Waals surface area contributed by atoms with E-state index in [9.17, 15) is 4.79 Å². The van der Waals surface area contributed by atoms with E-state index >= 15 is 0 Å². The maximum atomic E-state index is 13.3. The number of nitrogens with zero attached hydrogens (tertiary/aromatic N) is 1. The first-order valence-electron chi connectivity index (χ1n) is 9.36. The van der Waals surface area contributed by atoms with E-state index in [4.69, 9.17) is 0 Å². The number of Topliss-reactive ketones (excluding diaryl/α,β-unsaturated/α-hetero) is 1. The van der Waals surface area contributed by atoms with Crippen molar-refractivity contribution in [3.05, 3.63) is 107 Å². The molecule has 0 aliphatic carbocycles. The van der Waals surface area contributed by atoms with Gasteiger partial charge in [-0.3, -0.25) is 4.79 Å². The molecular weight excluding hydrogens is 330 g/mol. The molecule has 0 saturated carbocycles. The number of ketones is 1. The SMILES string of the molecule is Cc1ccc(C(=O)/C(=C/N2CCc3cc(C)ccc32)c2ccccc2)cc1. The molecule has 134 valence electrons. The van der Waals surface area contributed by atoms with Crippen LogP contribution in [0.4, 0.5) is 5.69 Å². The third-order valence-corrected chi connectivity index (χ3v) is 5.09. The van der Waals surface area contributed by atoms with Crippen molar-refractivity contribution >= 4 is 17.0 Å². The molecule has 1 aliphatic heterocycles. The maximum absolute atomic E-state index is 13.3. The lowest BCUT2D eigenvalue weighted by molar-refractivity contribution is 0.105. The second kappa shape index (κ2) is 7.24. The first-order valence-corrected chi connectivity index (χ1v) is 9.36. The van der Waals surface area contributed by atoms with Crippen LogP contribution in [0.2, 0.25) is 0 Å². The predicted molar refractivity (Wildman–Crippen MR) is 112 cm³/mol. The van der Waals surface area contributed by atoms with Crippen LogP contribution in [0.15, 0.2) is 79.0 Å². The van der Waals surface area contributed by atoms with Crippen LogP contribution in [0.5, 0.6) is 0 Å². The smallest absolute Gasteiger partial charge is 0.195 e. The standard InChI is InChI=1S/C25H23NO/c1-18-8-11-21(12-9-18)25(27)23(20-6-4-3-5-7-20)17-26-15-14-22-16-19(2)10-13-24(22)26/h3-13,16-17H,14-15H2,1-2H3/b23-17+. The van der Waals surface area contributed by atoms with Gasteiger partial charge >= 0.3 is 0 Å². The first-order chi connectivity index (χ1) is 13.1. The molecular formula is C25H23NO. The molecule has 3 aromatic carbocycles. The number of allylic oxidation sites excluding steroid dienone is 1. The Morgan fingerprint density at radius 2 is 1.56 bits per heavy atom. The van der Waals surface area contributed by atoms with Gasteiger partial charge in [-0.15, -0.1) is 0 Å². The average Bonchev–Trinajstić information content (AvgIpc) is 3.08. The molecule has 0 saturated heterocycles. The Morgan fingerprint density at radius 3 is 2.30 bits per heavy atom. The molecule has 0 atom stereocenters. The molecule has 0 fully saturated rings. The van der Waals surface area contributed by atoms with Crippen LogP contribution in [-0.4, -0.2) is 12.3 Å². The Bertz CT molecular complexity index is 1000. The number of hydrogen-bond donors (Lipinski definition) is 0. The highest BCUT2D eigenvalue weighted by Crippen LogP contribution is 2.31. The lowest BCUT2D eigenvalue weighted by Crippen LogP contribution is -2.15. The largest absolute Gasteiger partial charge is 0.347 e. The van der Waals surface area contributed by atoms with Crippen molar-refractivity contribution in [1.82, 2.24) is 0 Å². The van der Waals surface area contributed by atoms with Crippen molar-refractivity contribution in [2.75, 3.05) is 11.4 Å². The van der Waals surface area contributed by atoms with Crippen LogP contribution in [0.1, 0.15) is 32.6 Å². The fourth-order valence-corrected chi connectivity index (χ4v) is 3.59. The zero-order valence-corrected chi connectivity index (χ0v) is 15.8. The normalized spacial score (nSPS) is 13.6. The minimum atomic E-state index is 0.0572. The van der Waals surface area contributed by atoms with Crippen molar-refractivity contribution in [2.45, 2.75) is 20.3 Å². The van der Waals surface area contributed by atoms with Crippen LogP contribution in [0.3, 0.4) is 0 Å². The fraction of sp³-hybridized carbons (Fsp3) is 0.160. The van der Waals surface area contributed by atoms with Gasteiger partial charge in [-0.2, -0.15) is 0 Å². The van der Waals surface area contributed by atoms with Gasteiger partial charge in [0.1, 0.15) is 0 Å². The number of carbonyl (C=O) groups is 1. The molecule has 0 N–H and O–H groups in total. The number of fused-ring (bicyclic) bond motifs is 1. The summed E-state index contributed by atoms with van der Waals surface area (Å²) in [6.45, 7) is 5.05. The zero-order valence-electron chi connectivity index (χ0n) is 15.8. The zero-order chi connectivity index (χ0) is 18.8. The summed E-state index contributed by atoms with van der Waals surface area (Å²) in [4.78, 5) is 15.5. The number of carbonyl (C=O) groups excluding carboxylic acids is 1.